The summed E-state index contributed by atoms with van der Waals surface area (Å²) in [6, 6.07) is 7.75. The number of aromatic nitrogens is 4. The number of rotatable bonds is 2. The van der Waals surface area contributed by atoms with E-state index < -0.39 is 0 Å². The Morgan fingerprint density at radius 1 is 1.33 bits per heavy atom. The van der Waals surface area contributed by atoms with Crippen molar-refractivity contribution in [2.75, 3.05) is 14.1 Å². The van der Waals surface area contributed by atoms with E-state index >= 15 is 0 Å². The van der Waals surface area contributed by atoms with E-state index in [1.165, 1.54) is 8.47 Å². The van der Waals surface area contributed by atoms with Crippen molar-refractivity contribution in [3.05, 3.63) is 39.2 Å². The van der Waals surface area contributed by atoms with Crippen LogP contribution in [0.25, 0.3) is 0 Å². The lowest BCUT2D eigenvalue weighted by Crippen LogP contribution is -2.29. The highest BCUT2D eigenvalue weighted by Crippen LogP contribution is 2.09. The van der Waals surface area contributed by atoms with E-state index in [9.17, 15) is 4.79 Å². The number of hydrogen-bond donors (Lipinski definition) is 0. The van der Waals surface area contributed by atoms with Crippen LogP contribution in [0.15, 0.2) is 24.3 Å². The van der Waals surface area contributed by atoms with Crippen LogP contribution >= 0.6 is 22.6 Å². The van der Waals surface area contributed by atoms with E-state index in [0.29, 0.717) is 12.2 Å². The minimum atomic E-state index is -0.309. The molecule has 0 atom stereocenters. The highest BCUT2D eigenvalue weighted by molar-refractivity contribution is 14.1. The van der Waals surface area contributed by atoms with Crippen LogP contribution in [0, 0.1) is 3.57 Å². The smallest absolute Gasteiger partial charge is 0.328 e. The van der Waals surface area contributed by atoms with E-state index in [-0.39, 0.29) is 6.03 Å². The number of tetrazole rings is 1. The average molecular weight is 357 g/mol. The molecular formula is C11H12IN5O. The van der Waals surface area contributed by atoms with E-state index in [2.05, 4.69) is 38.0 Å². The molecule has 0 saturated heterocycles. The van der Waals surface area contributed by atoms with Crippen LogP contribution in [0.4, 0.5) is 4.79 Å². The number of nitrogens with zero attached hydrogens (tertiary/aromatic N) is 5. The fraction of sp³-hybridized carbons (Fsp3) is 0.273. The molecule has 0 fully saturated rings. The Bertz CT molecular complexity index is 549. The molecule has 7 heteroatoms. The molecular weight excluding hydrogens is 345 g/mol. The van der Waals surface area contributed by atoms with Gasteiger partial charge in [-0.3, -0.25) is 0 Å². The van der Waals surface area contributed by atoms with E-state index in [1.54, 1.807) is 14.1 Å². The van der Waals surface area contributed by atoms with Crippen molar-refractivity contribution < 1.29 is 4.79 Å². The second-order valence-electron chi connectivity index (χ2n) is 3.98. The quantitative estimate of drug-likeness (QED) is 0.763. The lowest BCUT2D eigenvalue weighted by Gasteiger charge is -2.06. The molecule has 0 spiro atoms. The number of amides is 1. The molecule has 1 aromatic heterocycles. The summed E-state index contributed by atoms with van der Waals surface area (Å²) >= 11 is 2.25. The first-order chi connectivity index (χ1) is 8.56. The second-order valence-corrected chi connectivity index (χ2v) is 5.22. The Hall–Kier alpha value is -1.51. The van der Waals surface area contributed by atoms with Crippen molar-refractivity contribution in [1.82, 2.24) is 25.1 Å². The second kappa shape index (κ2) is 5.42. The summed E-state index contributed by atoms with van der Waals surface area (Å²) in [6.07, 6.45) is 0.567. The fourth-order valence-electron chi connectivity index (χ4n) is 1.36. The summed E-state index contributed by atoms with van der Waals surface area (Å²) in [5, 5.41) is 11.7. The third kappa shape index (κ3) is 3.03. The molecule has 0 aliphatic heterocycles. The lowest BCUT2D eigenvalue weighted by molar-refractivity contribution is 0.211. The van der Waals surface area contributed by atoms with Gasteiger partial charge in [-0.1, -0.05) is 16.9 Å². The Morgan fingerprint density at radius 2 is 2.00 bits per heavy atom. The standard InChI is InChI=1S/C11H12IN5O/c1-16(2)11(18)17-14-10(13-15-17)7-8-3-5-9(12)6-4-8/h3-6H,7H2,1-2H3. The van der Waals surface area contributed by atoms with Gasteiger partial charge in [0.05, 0.1) is 0 Å². The molecule has 6 nitrogen and oxygen atoms in total. The number of benzene rings is 1. The molecule has 2 aromatic rings. The van der Waals surface area contributed by atoms with Crippen molar-refractivity contribution in [1.29, 1.82) is 0 Å². The minimum absolute atomic E-state index is 0.309. The molecule has 0 unspecified atom stereocenters. The first-order valence-corrected chi connectivity index (χ1v) is 6.39. The van der Waals surface area contributed by atoms with E-state index in [4.69, 9.17) is 0 Å². The summed E-state index contributed by atoms with van der Waals surface area (Å²) in [7, 11) is 3.29. The predicted octanol–water partition coefficient (Wildman–Crippen LogP) is 1.40. The molecule has 0 radical (unpaired) electrons. The van der Waals surface area contributed by atoms with Gasteiger partial charge in [-0.15, -0.1) is 10.2 Å². The summed E-state index contributed by atoms with van der Waals surface area (Å²) in [5.41, 5.74) is 1.09. The number of hydrogen-bond acceptors (Lipinski definition) is 4. The highest BCUT2D eigenvalue weighted by Gasteiger charge is 2.12. The fourth-order valence-corrected chi connectivity index (χ4v) is 1.72. The van der Waals surface area contributed by atoms with Gasteiger partial charge in [0.1, 0.15) is 0 Å². The first kappa shape index (κ1) is 12.9. The van der Waals surface area contributed by atoms with E-state index in [1.807, 2.05) is 24.3 Å². The largest absolute Gasteiger partial charge is 0.362 e. The van der Waals surface area contributed by atoms with Crippen LogP contribution in [-0.2, 0) is 6.42 Å². The van der Waals surface area contributed by atoms with Crippen LogP contribution in [0.3, 0.4) is 0 Å². The molecule has 1 amide bonds. The monoisotopic (exact) mass is 357 g/mol. The normalized spacial score (nSPS) is 10.4. The maximum Gasteiger partial charge on any atom is 0.362 e. The van der Waals surface area contributed by atoms with Crippen LogP contribution in [0.1, 0.15) is 11.4 Å². The lowest BCUT2D eigenvalue weighted by atomic mass is 10.1. The predicted molar refractivity (Wildman–Crippen MR) is 74.3 cm³/mol. The Balaban J connectivity index is 2.11. The van der Waals surface area contributed by atoms with Gasteiger partial charge in [0.25, 0.3) is 0 Å². The van der Waals surface area contributed by atoms with Gasteiger partial charge >= 0.3 is 6.03 Å². The van der Waals surface area contributed by atoms with Gasteiger partial charge in [0, 0.05) is 24.1 Å². The van der Waals surface area contributed by atoms with Crippen LogP contribution in [0.5, 0.6) is 0 Å². The van der Waals surface area contributed by atoms with Crippen LogP contribution in [-0.4, -0.2) is 45.2 Å². The van der Waals surface area contributed by atoms with E-state index in [0.717, 1.165) is 10.4 Å². The Kier molecular flexibility index (Phi) is 3.90. The number of carbonyl (C=O) groups is 1. The van der Waals surface area contributed by atoms with Crippen LogP contribution in [0.2, 0.25) is 0 Å². The highest BCUT2D eigenvalue weighted by atomic mass is 127. The molecule has 0 saturated carbocycles. The molecule has 94 valence electrons. The van der Waals surface area contributed by atoms with Gasteiger partial charge in [-0.05, 0) is 45.5 Å². The summed E-state index contributed by atoms with van der Waals surface area (Å²) in [4.78, 5) is 14.0. The third-order valence-corrected chi connectivity index (χ3v) is 3.00. The average Bonchev–Trinajstić information content (AvgIpc) is 2.79. The number of carbonyl (C=O) groups excluding carboxylic acids is 1. The maximum atomic E-state index is 11.6. The van der Waals surface area contributed by atoms with Gasteiger partial charge in [-0.2, -0.15) is 0 Å². The SMILES string of the molecule is CN(C)C(=O)n1nnc(Cc2ccc(I)cc2)n1. The molecule has 0 bridgehead atoms. The molecule has 0 N–H and O–H groups in total. The summed E-state index contributed by atoms with van der Waals surface area (Å²) in [5.74, 6) is 0.534. The molecule has 2 rings (SSSR count). The van der Waals surface area contributed by atoms with Crippen molar-refractivity contribution in [2.45, 2.75) is 6.42 Å². The summed E-state index contributed by atoms with van der Waals surface area (Å²) < 4.78 is 1.18. The van der Waals surface area contributed by atoms with Crippen molar-refractivity contribution >= 4 is 28.6 Å². The van der Waals surface area contributed by atoms with Crippen molar-refractivity contribution in [3.63, 3.8) is 0 Å². The number of halogens is 1. The molecule has 0 aliphatic carbocycles. The van der Waals surface area contributed by atoms with Gasteiger partial charge < -0.3 is 4.90 Å². The molecule has 0 aliphatic rings. The zero-order valence-corrected chi connectivity index (χ0v) is 12.2. The Morgan fingerprint density at radius 3 is 2.61 bits per heavy atom. The zero-order chi connectivity index (χ0) is 13.1. The van der Waals surface area contributed by atoms with Gasteiger partial charge in [0.15, 0.2) is 5.82 Å². The third-order valence-electron chi connectivity index (χ3n) is 2.28. The van der Waals surface area contributed by atoms with Crippen molar-refractivity contribution in [3.8, 4) is 0 Å². The van der Waals surface area contributed by atoms with Gasteiger partial charge in [0.2, 0.25) is 0 Å². The summed E-state index contributed by atoms with van der Waals surface area (Å²) in [6.45, 7) is 0. The zero-order valence-electron chi connectivity index (χ0n) is 10.0. The van der Waals surface area contributed by atoms with Gasteiger partial charge in [-0.25, -0.2) is 4.79 Å². The first-order valence-electron chi connectivity index (χ1n) is 5.31. The molecule has 1 heterocycles. The van der Waals surface area contributed by atoms with Crippen LogP contribution < -0.4 is 0 Å². The Labute approximate surface area is 118 Å². The molecule has 1 aromatic carbocycles. The molecule has 18 heavy (non-hydrogen) atoms. The minimum Gasteiger partial charge on any atom is -0.328 e. The van der Waals surface area contributed by atoms with Crippen molar-refractivity contribution in [2.24, 2.45) is 0 Å². The maximum absolute atomic E-state index is 11.6. The topological polar surface area (TPSA) is 63.9 Å².